The quantitative estimate of drug-likeness (QED) is 0.877. The molecule has 3 rings (SSSR count). The normalized spacial score (nSPS) is 21.6. The number of aryl methyl sites for hydroxylation is 1. The number of hydrogen-bond donors (Lipinski definition) is 1. The summed E-state index contributed by atoms with van der Waals surface area (Å²) in [5.41, 5.74) is 9.80. The maximum absolute atomic E-state index is 13.5. The smallest absolute Gasteiger partial charge is 0.142 e. The van der Waals surface area contributed by atoms with E-state index in [4.69, 9.17) is 17.3 Å². The Morgan fingerprint density at radius 3 is 2.80 bits per heavy atom. The van der Waals surface area contributed by atoms with Crippen molar-refractivity contribution in [1.29, 1.82) is 0 Å². The predicted octanol–water partition coefficient (Wildman–Crippen LogP) is 4.28. The van der Waals surface area contributed by atoms with Crippen LogP contribution in [0.3, 0.4) is 0 Å². The lowest BCUT2D eigenvalue weighted by Crippen LogP contribution is -2.28. The van der Waals surface area contributed by atoms with Gasteiger partial charge in [-0.3, -0.25) is 0 Å². The van der Waals surface area contributed by atoms with E-state index in [9.17, 15) is 4.39 Å². The van der Waals surface area contributed by atoms with Gasteiger partial charge in [-0.15, -0.1) is 0 Å². The molecule has 0 spiro atoms. The van der Waals surface area contributed by atoms with E-state index >= 15 is 0 Å². The lowest BCUT2D eigenvalue weighted by atomic mass is 9.77. The SMILES string of the molecule is NC1c2ccccc2CCC1Cc1cccc(F)c1Cl. The molecule has 1 nitrogen and oxygen atoms in total. The Morgan fingerprint density at radius 2 is 1.95 bits per heavy atom. The van der Waals surface area contributed by atoms with E-state index in [1.807, 2.05) is 12.1 Å². The third kappa shape index (κ3) is 2.46. The van der Waals surface area contributed by atoms with Gasteiger partial charge in [-0.2, -0.15) is 0 Å². The molecule has 2 aromatic carbocycles. The number of fused-ring (bicyclic) bond motifs is 1. The number of benzene rings is 2. The molecule has 0 aliphatic heterocycles. The molecule has 0 fully saturated rings. The third-order valence-electron chi connectivity index (χ3n) is 4.22. The second-order valence-corrected chi connectivity index (χ2v) is 5.82. The van der Waals surface area contributed by atoms with E-state index in [0.717, 1.165) is 24.8 Å². The first kappa shape index (κ1) is 13.6. The van der Waals surface area contributed by atoms with Gasteiger partial charge in [0.05, 0.1) is 5.02 Å². The Bertz CT molecular complexity index is 626. The van der Waals surface area contributed by atoms with Crippen molar-refractivity contribution in [1.82, 2.24) is 0 Å². The van der Waals surface area contributed by atoms with E-state index in [1.54, 1.807) is 6.07 Å². The van der Waals surface area contributed by atoms with Crippen LogP contribution in [0.5, 0.6) is 0 Å². The molecule has 0 aromatic heterocycles. The summed E-state index contributed by atoms with van der Waals surface area (Å²) >= 11 is 6.04. The summed E-state index contributed by atoms with van der Waals surface area (Å²) in [5, 5.41) is 0.235. The van der Waals surface area contributed by atoms with Gasteiger partial charge in [-0.05, 0) is 47.9 Å². The van der Waals surface area contributed by atoms with Crippen LogP contribution in [0, 0.1) is 11.7 Å². The molecule has 1 aliphatic carbocycles. The maximum Gasteiger partial charge on any atom is 0.142 e. The molecule has 2 atom stereocenters. The van der Waals surface area contributed by atoms with E-state index in [2.05, 4.69) is 18.2 Å². The average molecular weight is 290 g/mol. The topological polar surface area (TPSA) is 26.0 Å². The minimum Gasteiger partial charge on any atom is -0.324 e. The number of rotatable bonds is 2. The zero-order chi connectivity index (χ0) is 14.1. The molecule has 0 amide bonds. The van der Waals surface area contributed by atoms with Gasteiger partial charge in [0.2, 0.25) is 0 Å². The fourth-order valence-corrected chi connectivity index (χ4v) is 3.28. The monoisotopic (exact) mass is 289 g/mol. The molecular formula is C17H17ClFN. The summed E-state index contributed by atoms with van der Waals surface area (Å²) in [5.74, 6) is -0.0434. The Morgan fingerprint density at radius 1 is 1.15 bits per heavy atom. The number of nitrogens with two attached hydrogens (primary N) is 1. The minimum atomic E-state index is -0.353. The van der Waals surface area contributed by atoms with Crippen molar-refractivity contribution in [3.05, 3.63) is 70.0 Å². The highest BCUT2D eigenvalue weighted by atomic mass is 35.5. The Kier molecular flexibility index (Phi) is 3.77. The van der Waals surface area contributed by atoms with Crippen LogP contribution in [0.25, 0.3) is 0 Å². The Labute approximate surface area is 123 Å². The fourth-order valence-electron chi connectivity index (χ4n) is 3.08. The van der Waals surface area contributed by atoms with E-state index in [0.29, 0.717) is 5.92 Å². The van der Waals surface area contributed by atoms with Crippen LogP contribution in [0.15, 0.2) is 42.5 Å². The van der Waals surface area contributed by atoms with Crippen LogP contribution in [0.1, 0.15) is 29.2 Å². The molecule has 0 heterocycles. The van der Waals surface area contributed by atoms with Crippen molar-refractivity contribution in [2.75, 3.05) is 0 Å². The van der Waals surface area contributed by atoms with Gasteiger partial charge in [-0.25, -0.2) is 4.39 Å². The first-order chi connectivity index (χ1) is 9.66. The lowest BCUT2D eigenvalue weighted by Gasteiger charge is -2.31. The van der Waals surface area contributed by atoms with Gasteiger partial charge in [0.1, 0.15) is 5.82 Å². The van der Waals surface area contributed by atoms with Crippen LogP contribution in [0.2, 0.25) is 5.02 Å². The molecular weight excluding hydrogens is 273 g/mol. The third-order valence-corrected chi connectivity index (χ3v) is 4.64. The molecule has 20 heavy (non-hydrogen) atoms. The zero-order valence-corrected chi connectivity index (χ0v) is 11.9. The minimum absolute atomic E-state index is 0.000663. The molecule has 1 aliphatic rings. The predicted molar refractivity (Wildman–Crippen MR) is 80.3 cm³/mol. The van der Waals surface area contributed by atoms with Crippen molar-refractivity contribution in [2.24, 2.45) is 11.7 Å². The van der Waals surface area contributed by atoms with Gasteiger partial charge in [0, 0.05) is 6.04 Å². The zero-order valence-electron chi connectivity index (χ0n) is 11.2. The van der Waals surface area contributed by atoms with Crippen LogP contribution in [-0.4, -0.2) is 0 Å². The van der Waals surface area contributed by atoms with Gasteiger partial charge in [0.25, 0.3) is 0 Å². The summed E-state index contributed by atoms with van der Waals surface area (Å²) in [7, 11) is 0. The second-order valence-electron chi connectivity index (χ2n) is 5.44. The summed E-state index contributed by atoms with van der Waals surface area (Å²) < 4.78 is 13.5. The highest BCUT2D eigenvalue weighted by Crippen LogP contribution is 2.36. The number of hydrogen-bond acceptors (Lipinski definition) is 1. The van der Waals surface area contributed by atoms with Gasteiger partial charge >= 0.3 is 0 Å². The molecule has 104 valence electrons. The summed E-state index contributed by atoms with van der Waals surface area (Å²) in [6, 6.07) is 13.3. The van der Waals surface area contributed by atoms with Crippen LogP contribution in [0.4, 0.5) is 4.39 Å². The summed E-state index contributed by atoms with van der Waals surface area (Å²) in [6.45, 7) is 0. The first-order valence-electron chi connectivity index (χ1n) is 6.93. The Balaban J connectivity index is 1.85. The van der Waals surface area contributed by atoms with Gasteiger partial charge < -0.3 is 5.73 Å². The molecule has 2 unspecified atom stereocenters. The summed E-state index contributed by atoms with van der Waals surface area (Å²) in [4.78, 5) is 0. The van der Waals surface area contributed by atoms with E-state index in [-0.39, 0.29) is 16.9 Å². The first-order valence-corrected chi connectivity index (χ1v) is 7.31. The highest BCUT2D eigenvalue weighted by Gasteiger charge is 2.27. The fraction of sp³-hybridized carbons (Fsp3) is 0.294. The molecule has 0 saturated carbocycles. The second kappa shape index (κ2) is 5.55. The van der Waals surface area contributed by atoms with Crippen LogP contribution >= 0.6 is 11.6 Å². The van der Waals surface area contributed by atoms with Gasteiger partial charge in [-0.1, -0.05) is 48.0 Å². The van der Waals surface area contributed by atoms with Crippen molar-refractivity contribution in [2.45, 2.75) is 25.3 Å². The molecule has 0 radical (unpaired) electrons. The van der Waals surface area contributed by atoms with E-state index < -0.39 is 0 Å². The number of halogens is 2. The highest BCUT2D eigenvalue weighted by molar-refractivity contribution is 6.31. The molecule has 2 N–H and O–H groups in total. The van der Waals surface area contributed by atoms with Crippen molar-refractivity contribution < 1.29 is 4.39 Å². The van der Waals surface area contributed by atoms with Crippen molar-refractivity contribution in [3.63, 3.8) is 0 Å². The summed E-state index contributed by atoms with van der Waals surface area (Å²) in [6.07, 6.45) is 2.78. The molecule has 0 saturated heterocycles. The van der Waals surface area contributed by atoms with Crippen molar-refractivity contribution in [3.8, 4) is 0 Å². The molecule has 3 heteroatoms. The largest absolute Gasteiger partial charge is 0.324 e. The van der Waals surface area contributed by atoms with Crippen LogP contribution in [-0.2, 0) is 12.8 Å². The van der Waals surface area contributed by atoms with Gasteiger partial charge in [0.15, 0.2) is 0 Å². The lowest BCUT2D eigenvalue weighted by molar-refractivity contribution is 0.376. The van der Waals surface area contributed by atoms with E-state index in [1.165, 1.54) is 17.2 Å². The standard InChI is InChI=1S/C17H17ClFN/c18-16-12(5-3-7-15(16)19)10-13-9-8-11-4-1-2-6-14(11)17(13)20/h1-7,13,17H,8-10,20H2. The molecule has 0 bridgehead atoms. The maximum atomic E-state index is 13.5. The average Bonchev–Trinajstić information content (AvgIpc) is 2.47. The Hall–Kier alpha value is -1.38. The van der Waals surface area contributed by atoms with Crippen LogP contribution < -0.4 is 5.73 Å². The van der Waals surface area contributed by atoms with Crippen molar-refractivity contribution >= 4 is 11.6 Å². The molecule has 2 aromatic rings.